The molecule has 1 aromatic heterocycles. The summed E-state index contributed by atoms with van der Waals surface area (Å²) in [7, 11) is 2.98. The number of H-pyrrole nitrogens is 1. The van der Waals surface area contributed by atoms with Gasteiger partial charge in [0.15, 0.2) is 11.8 Å². The summed E-state index contributed by atoms with van der Waals surface area (Å²) >= 11 is 0. The number of aromatic nitrogens is 2. The maximum atomic E-state index is 13.4. The highest BCUT2D eigenvalue weighted by atomic mass is 31.2. The zero-order chi connectivity index (χ0) is 40.7. The quantitative estimate of drug-likeness (QED) is 0.0682. The monoisotopic (exact) mass is 802 g/mol. The number of nitriles is 1. The first-order valence-electron chi connectivity index (χ1n) is 18.9. The van der Waals surface area contributed by atoms with Crippen LogP contribution in [0.1, 0.15) is 57.0 Å². The van der Waals surface area contributed by atoms with Crippen LogP contribution in [0.3, 0.4) is 0 Å². The van der Waals surface area contributed by atoms with Crippen molar-refractivity contribution >= 4 is 8.53 Å². The van der Waals surface area contributed by atoms with E-state index in [0.717, 1.165) is 16.7 Å². The molecule has 2 bridgehead atoms. The van der Waals surface area contributed by atoms with Crippen LogP contribution in [0.2, 0.25) is 0 Å². The van der Waals surface area contributed by atoms with Gasteiger partial charge in [0.05, 0.1) is 46.5 Å². The van der Waals surface area contributed by atoms with Gasteiger partial charge in [0.1, 0.15) is 35.4 Å². The maximum Gasteiger partial charge on any atom is 0.330 e. The summed E-state index contributed by atoms with van der Waals surface area (Å²) < 4.78 is 55.1. The number of fused-ring (bicyclic) bond motifs is 2. The Labute approximate surface area is 334 Å². The molecule has 1 unspecified atom stereocenters. The molecule has 15 heteroatoms. The minimum atomic E-state index is -1.83. The van der Waals surface area contributed by atoms with E-state index in [-0.39, 0.29) is 38.3 Å². The summed E-state index contributed by atoms with van der Waals surface area (Å²) in [5.74, 6) is 1.35. The number of ether oxygens (including phenoxy) is 6. The average molecular weight is 803 g/mol. The average Bonchev–Trinajstić information content (AvgIpc) is 3.66. The molecule has 0 saturated carbocycles. The Kier molecular flexibility index (Phi) is 13.7. The molecule has 2 aliphatic rings. The van der Waals surface area contributed by atoms with Crippen LogP contribution in [-0.2, 0) is 33.6 Å². The molecular weight excluding hydrogens is 751 g/mol. The third-order valence-corrected chi connectivity index (χ3v) is 12.4. The van der Waals surface area contributed by atoms with Crippen molar-refractivity contribution in [3.63, 3.8) is 0 Å². The van der Waals surface area contributed by atoms with Crippen molar-refractivity contribution in [2.45, 2.75) is 81.9 Å². The molecule has 0 radical (unpaired) electrons. The van der Waals surface area contributed by atoms with Crippen LogP contribution in [0.4, 0.5) is 0 Å². The van der Waals surface area contributed by atoms with Crippen LogP contribution in [0.15, 0.2) is 101 Å². The summed E-state index contributed by atoms with van der Waals surface area (Å²) in [6.07, 6.45) is -2.00. The second-order valence-corrected chi connectivity index (χ2v) is 15.8. The molecule has 57 heavy (non-hydrogen) atoms. The molecule has 2 saturated heterocycles. The summed E-state index contributed by atoms with van der Waals surface area (Å²) in [6, 6.07) is 28.7. The van der Waals surface area contributed by atoms with Gasteiger partial charge in [-0.3, -0.25) is 14.3 Å². The fourth-order valence-corrected chi connectivity index (χ4v) is 9.51. The Bertz CT molecular complexity index is 2020. The molecule has 0 amide bonds. The fourth-order valence-electron chi connectivity index (χ4n) is 7.71. The van der Waals surface area contributed by atoms with Gasteiger partial charge in [0, 0.05) is 31.5 Å². The van der Waals surface area contributed by atoms with Gasteiger partial charge in [-0.15, -0.1) is 0 Å². The summed E-state index contributed by atoms with van der Waals surface area (Å²) in [5, 5.41) is 9.42. The van der Waals surface area contributed by atoms with Crippen molar-refractivity contribution in [2.24, 2.45) is 0 Å². The molecule has 304 valence electrons. The van der Waals surface area contributed by atoms with Crippen LogP contribution in [0.25, 0.3) is 0 Å². The Balaban J connectivity index is 1.54. The van der Waals surface area contributed by atoms with Crippen LogP contribution >= 0.6 is 8.53 Å². The molecule has 2 fully saturated rings. The van der Waals surface area contributed by atoms with Crippen molar-refractivity contribution in [3.8, 4) is 17.6 Å². The van der Waals surface area contributed by atoms with Gasteiger partial charge in [0.25, 0.3) is 14.1 Å². The standard InChI is InChI=1S/C42H51N4O10P/c1-28(2)46(29(3)4)57(53-25-11-23-43)56-38-37-39(45-24-22-36(47)44-40(45)48)55-41(38,35(54-37)26-49-5)27-52-42(30-12-9-8-10-13-30,31-14-18-33(50-6)19-15-31)32-16-20-34(51-7)21-17-32/h8-10,12-22,24,28-29,35,37-39H,11,25-27H2,1-7H3,(H,44,47,48)/t35-,37-,38+,39-,41+,57?/m1/s1. The Morgan fingerprint density at radius 2 is 1.49 bits per heavy atom. The van der Waals surface area contributed by atoms with Gasteiger partial charge >= 0.3 is 5.69 Å². The zero-order valence-electron chi connectivity index (χ0n) is 33.3. The van der Waals surface area contributed by atoms with Gasteiger partial charge < -0.3 is 37.5 Å². The van der Waals surface area contributed by atoms with Crippen LogP contribution in [0.5, 0.6) is 11.5 Å². The number of methoxy groups -OCH3 is 3. The van der Waals surface area contributed by atoms with Crippen molar-refractivity contribution in [2.75, 3.05) is 41.2 Å². The van der Waals surface area contributed by atoms with Crippen molar-refractivity contribution < 1.29 is 37.5 Å². The molecule has 6 atom stereocenters. The smallest absolute Gasteiger partial charge is 0.330 e. The van der Waals surface area contributed by atoms with E-state index in [2.05, 4.69) is 43.4 Å². The highest BCUT2D eigenvalue weighted by molar-refractivity contribution is 7.44. The lowest BCUT2D eigenvalue weighted by Crippen LogP contribution is -2.55. The molecule has 14 nitrogen and oxygen atoms in total. The van der Waals surface area contributed by atoms with Crippen LogP contribution in [-0.4, -0.2) is 91.4 Å². The normalized spacial score (nSPS) is 22.3. The number of rotatable bonds is 19. The molecule has 0 spiro atoms. The van der Waals surface area contributed by atoms with Gasteiger partial charge in [-0.1, -0.05) is 54.6 Å². The lowest BCUT2D eigenvalue weighted by atomic mass is 9.79. The van der Waals surface area contributed by atoms with Gasteiger partial charge in [-0.05, 0) is 68.7 Å². The molecule has 3 heterocycles. The Morgan fingerprint density at radius 3 is 2.02 bits per heavy atom. The molecule has 0 aliphatic carbocycles. The molecule has 4 aromatic rings. The number of nitrogens with zero attached hydrogens (tertiary/aromatic N) is 3. The van der Waals surface area contributed by atoms with E-state index >= 15 is 0 Å². The minimum Gasteiger partial charge on any atom is -0.497 e. The second-order valence-electron chi connectivity index (χ2n) is 14.4. The van der Waals surface area contributed by atoms with E-state index in [9.17, 15) is 14.9 Å². The maximum absolute atomic E-state index is 13.4. The molecule has 3 aromatic carbocycles. The summed E-state index contributed by atoms with van der Waals surface area (Å²) in [4.78, 5) is 27.9. The Hall–Kier alpha value is -4.42. The molecule has 2 aliphatic heterocycles. The first-order valence-corrected chi connectivity index (χ1v) is 20.0. The van der Waals surface area contributed by atoms with E-state index in [1.807, 2.05) is 78.9 Å². The number of hydrogen-bond donors (Lipinski definition) is 1. The van der Waals surface area contributed by atoms with Crippen molar-refractivity contribution in [1.29, 1.82) is 5.26 Å². The third kappa shape index (κ3) is 8.44. The number of hydrogen-bond acceptors (Lipinski definition) is 12. The molecular formula is C42H51N4O10P. The molecule has 6 rings (SSSR count). The first-order chi connectivity index (χ1) is 27.5. The van der Waals surface area contributed by atoms with Gasteiger partial charge in [-0.2, -0.15) is 5.26 Å². The number of nitrogens with one attached hydrogen (secondary N) is 1. The summed E-state index contributed by atoms with van der Waals surface area (Å²) in [6.45, 7) is 8.31. The summed E-state index contributed by atoms with van der Waals surface area (Å²) in [5.41, 5.74) is -1.46. The highest BCUT2D eigenvalue weighted by Crippen LogP contribution is 2.58. The first kappa shape index (κ1) is 42.2. The third-order valence-electron chi connectivity index (χ3n) is 10.3. The number of benzene rings is 3. The van der Waals surface area contributed by atoms with Gasteiger partial charge in [0.2, 0.25) is 0 Å². The van der Waals surface area contributed by atoms with E-state index in [0.29, 0.717) is 11.5 Å². The van der Waals surface area contributed by atoms with E-state index in [4.69, 9.17) is 37.5 Å². The largest absolute Gasteiger partial charge is 0.497 e. The van der Waals surface area contributed by atoms with E-state index < -0.39 is 55.5 Å². The fraction of sp³-hybridized carbons (Fsp3) is 0.452. The van der Waals surface area contributed by atoms with E-state index in [1.165, 1.54) is 16.8 Å². The van der Waals surface area contributed by atoms with Crippen LogP contribution in [0, 0.1) is 11.3 Å². The Morgan fingerprint density at radius 1 is 0.895 bits per heavy atom. The van der Waals surface area contributed by atoms with Crippen molar-refractivity contribution in [3.05, 3.63) is 129 Å². The lowest BCUT2D eigenvalue weighted by Gasteiger charge is -2.43. The van der Waals surface area contributed by atoms with E-state index in [1.54, 1.807) is 21.3 Å². The second kappa shape index (κ2) is 18.4. The predicted molar refractivity (Wildman–Crippen MR) is 213 cm³/mol. The molecule has 1 N–H and O–H groups in total. The van der Waals surface area contributed by atoms with Crippen molar-refractivity contribution in [1.82, 2.24) is 14.2 Å². The SMILES string of the molecule is COC[C@H]1O[C@H]2[C@H](n3ccc(=O)[nH]c3=O)O[C@]1(COC(c1ccccc1)(c1ccc(OC)cc1)c1ccc(OC)cc1)[C@H]2OP(OCCC#N)N(C(C)C)C(C)C. The number of aromatic amines is 1. The van der Waals surface area contributed by atoms with Crippen LogP contribution < -0.4 is 20.7 Å². The topological polar surface area (TPSA) is 156 Å². The minimum absolute atomic E-state index is 0.00505. The predicted octanol–water partition coefficient (Wildman–Crippen LogP) is 5.91. The zero-order valence-corrected chi connectivity index (χ0v) is 34.2. The highest BCUT2D eigenvalue weighted by Gasteiger charge is 2.70. The lowest BCUT2D eigenvalue weighted by molar-refractivity contribution is -0.244. The van der Waals surface area contributed by atoms with Gasteiger partial charge in [-0.25, -0.2) is 9.46 Å².